The van der Waals surface area contributed by atoms with Crippen molar-refractivity contribution in [2.75, 3.05) is 29.6 Å². The molecular weight excluding hydrogens is 357 g/mol. The number of hydrogen-bond donors (Lipinski definition) is 2. The van der Waals surface area contributed by atoms with E-state index in [2.05, 4.69) is 25.8 Å². The van der Waals surface area contributed by atoms with Crippen LogP contribution in [0, 0.1) is 0 Å². The molecule has 1 heterocycles. The fraction of sp³-hybridized carbons (Fsp3) is 0.167. The Bertz CT molecular complexity index is 892. The summed E-state index contributed by atoms with van der Waals surface area (Å²) in [5, 5.41) is 13.6. The molecule has 6 nitrogen and oxygen atoms in total. The number of alkyl halides is 3. The summed E-state index contributed by atoms with van der Waals surface area (Å²) in [4.78, 5) is 6.25. The van der Waals surface area contributed by atoms with Gasteiger partial charge in [-0.15, -0.1) is 5.10 Å². The number of hydrogen-bond acceptors (Lipinski definition) is 6. The van der Waals surface area contributed by atoms with Crippen molar-refractivity contribution in [3.8, 4) is 0 Å². The van der Waals surface area contributed by atoms with E-state index in [-0.39, 0.29) is 5.95 Å². The van der Waals surface area contributed by atoms with Crippen LogP contribution in [0.4, 0.5) is 42.0 Å². The minimum absolute atomic E-state index is 0.171. The Balaban J connectivity index is 1.70. The number of nitrogens with zero attached hydrogens (tertiary/aromatic N) is 4. The third kappa shape index (κ3) is 4.84. The van der Waals surface area contributed by atoms with Crippen LogP contribution in [0.5, 0.6) is 0 Å². The van der Waals surface area contributed by atoms with E-state index in [4.69, 9.17) is 0 Å². The zero-order valence-electron chi connectivity index (χ0n) is 14.6. The smallest absolute Gasteiger partial charge is 0.378 e. The number of aromatic nitrogens is 3. The first-order valence-corrected chi connectivity index (χ1v) is 8.00. The van der Waals surface area contributed by atoms with Crippen molar-refractivity contribution < 1.29 is 13.2 Å². The molecule has 0 aliphatic rings. The van der Waals surface area contributed by atoms with Gasteiger partial charge < -0.3 is 15.5 Å². The summed E-state index contributed by atoms with van der Waals surface area (Å²) < 4.78 is 37.8. The highest BCUT2D eigenvalue weighted by atomic mass is 19.4. The quantitative estimate of drug-likeness (QED) is 0.688. The van der Waals surface area contributed by atoms with E-state index in [1.54, 1.807) is 0 Å². The number of benzene rings is 2. The van der Waals surface area contributed by atoms with Crippen molar-refractivity contribution in [2.45, 2.75) is 6.18 Å². The molecule has 0 amide bonds. The van der Waals surface area contributed by atoms with Gasteiger partial charge in [0.25, 0.3) is 0 Å². The van der Waals surface area contributed by atoms with Crippen molar-refractivity contribution in [2.24, 2.45) is 0 Å². The Labute approximate surface area is 154 Å². The second-order valence-electron chi connectivity index (χ2n) is 5.93. The molecule has 0 saturated heterocycles. The van der Waals surface area contributed by atoms with E-state index in [0.29, 0.717) is 11.5 Å². The third-order valence-electron chi connectivity index (χ3n) is 3.68. The summed E-state index contributed by atoms with van der Waals surface area (Å²) in [5.74, 6) is 0.627. The largest absolute Gasteiger partial charge is 0.416 e. The third-order valence-corrected chi connectivity index (χ3v) is 3.68. The van der Waals surface area contributed by atoms with E-state index in [9.17, 15) is 13.2 Å². The molecule has 0 saturated carbocycles. The summed E-state index contributed by atoms with van der Waals surface area (Å²) >= 11 is 0. The zero-order chi connectivity index (χ0) is 19.4. The fourth-order valence-electron chi connectivity index (χ4n) is 2.28. The Hall–Kier alpha value is -3.36. The van der Waals surface area contributed by atoms with E-state index < -0.39 is 11.7 Å². The molecule has 0 unspecified atom stereocenters. The van der Waals surface area contributed by atoms with Gasteiger partial charge in [-0.3, -0.25) is 0 Å². The highest BCUT2D eigenvalue weighted by Gasteiger charge is 2.29. The number of halogens is 3. The van der Waals surface area contributed by atoms with Gasteiger partial charge in [0.05, 0.1) is 11.8 Å². The monoisotopic (exact) mass is 374 g/mol. The maximum atomic E-state index is 12.6. The maximum Gasteiger partial charge on any atom is 0.416 e. The lowest BCUT2D eigenvalue weighted by Crippen LogP contribution is -2.08. The van der Waals surface area contributed by atoms with Crippen molar-refractivity contribution >= 4 is 28.8 Å². The van der Waals surface area contributed by atoms with Crippen LogP contribution in [-0.4, -0.2) is 29.3 Å². The van der Waals surface area contributed by atoms with Crippen LogP contribution < -0.4 is 15.5 Å². The minimum atomic E-state index is -4.37. The average Bonchev–Trinajstić information content (AvgIpc) is 2.62. The molecule has 0 radical (unpaired) electrons. The Morgan fingerprint density at radius 3 is 2.04 bits per heavy atom. The molecular formula is C18H17F3N6. The Kier molecular flexibility index (Phi) is 5.11. The number of nitrogens with one attached hydrogen (secondary N) is 2. The normalized spacial score (nSPS) is 11.1. The van der Waals surface area contributed by atoms with E-state index in [1.165, 1.54) is 18.3 Å². The highest BCUT2D eigenvalue weighted by Crippen LogP contribution is 2.30. The topological polar surface area (TPSA) is 66.0 Å². The number of rotatable bonds is 5. The van der Waals surface area contributed by atoms with Gasteiger partial charge in [-0.25, -0.2) is 0 Å². The molecule has 3 rings (SSSR count). The van der Waals surface area contributed by atoms with Crippen molar-refractivity contribution in [3.63, 3.8) is 0 Å². The predicted octanol–water partition coefficient (Wildman–Crippen LogP) is 4.44. The second kappa shape index (κ2) is 7.48. The highest BCUT2D eigenvalue weighted by molar-refractivity contribution is 5.61. The van der Waals surface area contributed by atoms with Crippen molar-refractivity contribution in [3.05, 3.63) is 60.3 Å². The van der Waals surface area contributed by atoms with Crippen LogP contribution in [-0.2, 0) is 6.18 Å². The summed E-state index contributed by atoms with van der Waals surface area (Å²) in [7, 11) is 3.91. The SMILES string of the molecule is CN(C)c1ccc(Nc2cnnc(Nc3ccc(C(F)(F)F)cc3)n2)cc1. The molecule has 0 fully saturated rings. The van der Waals surface area contributed by atoms with E-state index in [1.807, 2.05) is 43.3 Å². The van der Waals surface area contributed by atoms with Crippen LogP contribution >= 0.6 is 0 Å². The van der Waals surface area contributed by atoms with Gasteiger partial charge in [-0.2, -0.15) is 23.3 Å². The Morgan fingerprint density at radius 2 is 1.44 bits per heavy atom. The van der Waals surface area contributed by atoms with Gasteiger partial charge in [-0.05, 0) is 48.5 Å². The molecule has 2 aromatic carbocycles. The molecule has 27 heavy (non-hydrogen) atoms. The average molecular weight is 374 g/mol. The van der Waals surface area contributed by atoms with E-state index in [0.717, 1.165) is 23.5 Å². The van der Waals surface area contributed by atoms with Gasteiger partial charge in [0.15, 0.2) is 5.82 Å². The summed E-state index contributed by atoms with van der Waals surface area (Å²) in [5.41, 5.74) is 1.59. The lowest BCUT2D eigenvalue weighted by Gasteiger charge is -2.13. The van der Waals surface area contributed by atoms with Gasteiger partial charge >= 0.3 is 6.18 Å². The van der Waals surface area contributed by atoms with Gasteiger partial charge in [0.1, 0.15) is 0 Å². The second-order valence-corrected chi connectivity index (χ2v) is 5.93. The van der Waals surface area contributed by atoms with Crippen LogP contribution in [0.1, 0.15) is 5.56 Å². The van der Waals surface area contributed by atoms with Crippen molar-refractivity contribution in [1.82, 2.24) is 15.2 Å². The van der Waals surface area contributed by atoms with Crippen LogP contribution in [0.15, 0.2) is 54.7 Å². The van der Waals surface area contributed by atoms with Crippen LogP contribution in [0.2, 0.25) is 0 Å². The lowest BCUT2D eigenvalue weighted by atomic mass is 10.2. The summed E-state index contributed by atoms with van der Waals surface area (Å²) in [6.45, 7) is 0. The standard InChI is InChI=1S/C18H17F3N6/c1-27(2)15-9-7-13(8-10-15)23-16-11-22-26-17(25-16)24-14-5-3-12(4-6-14)18(19,20)21/h3-11H,1-2H3,(H2,23,24,25,26). The molecule has 0 aliphatic carbocycles. The molecule has 0 atom stereocenters. The molecule has 2 N–H and O–H groups in total. The molecule has 1 aromatic heterocycles. The Morgan fingerprint density at radius 1 is 0.852 bits per heavy atom. The molecule has 0 aliphatic heterocycles. The van der Waals surface area contributed by atoms with Gasteiger partial charge in [-0.1, -0.05) is 0 Å². The first-order chi connectivity index (χ1) is 12.8. The fourth-order valence-corrected chi connectivity index (χ4v) is 2.28. The summed E-state index contributed by atoms with van der Waals surface area (Å²) in [6.07, 6.45) is -2.92. The molecule has 3 aromatic rings. The first-order valence-electron chi connectivity index (χ1n) is 8.00. The van der Waals surface area contributed by atoms with Crippen LogP contribution in [0.25, 0.3) is 0 Å². The maximum absolute atomic E-state index is 12.6. The minimum Gasteiger partial charge on any atom is -0.378 e. The predicted molar refractivity (Wildman–Crippen MR) is 98.6 cm³/mol. The van der Waals surface area contributed by atoms with Gasteiger partial charge in [0, 0.05) is 31.2 Å². The molecule has 140 valence electrons. The van der Waals surface area contributed by atoms with Crippen molar-refractivity contribution in [1.29, 1.82) is 0 Å². The first kappa shape index (κ1) is 18.4. The lowest BCUT2D eigenvalue weighted by molar-refractivity contribution is -0.137. The summed E-state index contributed by atoms with van der Waals surface area (Å²) in [6, 6.07) is 12.3. The molecule has 9 heteroatoms. The molecule has 0 spiro atoms. The van der Waals surface area contributed by atoms with Gasteiger partial charge in [0.2, 0.25) is 5.95 Å². The zero-order valence-corrected chi connectivity index (χ0v) is 14.6. The molecule has 0 bridgehead atoms. The van der Waals surface area contributed by atoms with E-state index >= 15 is 0 Å². The van der Waals surface area contributed by atoms with Crippen LogP contribution in [0.3, 0.4) is 0 Å². The number of anilines is 5.